The summed E-state index contributed by atoms with van der Waals surface area (Å²) >= 11 is 0. The Morgan fingerprint density at radius 3 is 2.51 bits per heavy atom. The summed E-state index contributed by atoms with van der Waals surface area (Å²) in [6, 6.07) is 4.85. The van der Waals surface area contributed by atoms with Crippen molar-refractivity contribution in [3.8, 4) is 0 Å². The molecule has 0 spiro atoms. The van der Waals surface area contributed by atoms with Crippen LogP contribution in [0, 0.1) is 17.7 Å². The topological polar surface area (TPSA) is 94.1 Å². The fraction of sp³-hybridized carbons (Fsp3) is 0.593. The van der Waals surface area contributed by atoms with Crippen LogP contribution in [0.1, 0.15) is 89.6 Å². The van der Waals surface area contributed by atoms with Crippen LogP contribution in [-0.4, -0.2) is 44.0 Å². The van der Waals surface area contributed by atoms with E-state index in [0.717, 1.165) is 25.7 Å². The summed E-state index contributed by atoms with van der Waals surface area (Å²) in [6.45, 7) is 12.6. The summed E-state index contributed by atoms with van der Waals surface area (Å²) in [5.74, 6) is 0.746. The minimum absolute atomic E-state index is 0.198. The van der Waals surface area contributed by atoms with Gasteiger partial charge in [0.05, 0.1) is 22.8 Å². The van der Waals surface area contributed by atoms with E-state index in [1.165, 1.54) is 0 Å². The van der Waals surface area contributed by atoms with Crippen molar-refractivity contribution in [1.29, 1.82) is 0 Å². The number of hydrogen-bond acceptors (Lipinski definition) is 5. The molecule has 2 aliphatic rings. The molecular weight excluding hydrogens is 472 g/mol. The molecular formula is C27H37BFN5O3. The molecule has 3 heterocycles. The highest BCUT2D eigenvalue weighted by molar-refractivity contribution is 6.62. The first kappa shape index (κ1) is 25.9. The summed E-state index contributed by atoms with van der Waals surface area (Å²) < 4.78 is 29.7. The number of nitrogens with one attached hydrogen (secondary N) is 2. The lowest BCUT2D eigenvalue weighted by Crippen LogP contribution is -2.41. The maximum Gasteiger partial charge on any atom is 0.497 e. The number of carbonyl (C=O) groups is 1. The average Bonchev–Trinajstić information content (AvgIpc) is 3.54. The summed E-state index contributed by atoms with van der Waals surface area (Å²) in [4.78, 5) is 21.3. The second-order valence-electron chi connectivity index (χ2n) is 11.6. The summed E-state index contributed by atoms with van der Waals surface area (Å²) in [5.41, 5.74) is 0.479. The Labute approximate surface area is 217 Å². The normalized spacial score (nSPS) is 23.9. The number of hydrogen-bond donors (Lipinski definition) is 2. The number of aryl methyl sites for hydroxylation is 1. The number of aromatic nitrogens is 4. The average molecular weight is 509 g/mol. The van der Waals surface area contributed by atoms with Gasteiger partial charge in [-0.3, -0.25) is 9.48 Å². The summed E-state index contributed by atoms with van der Waals surface area (Å²) in [6.07, 6.45) is 5.74. The minimum Gasteiger partial charge on any atom is -0.399 e. The molecule has 1 atom stereocenters. The SMILES string of the molecule is CCn1nccc1C(=O)NC(c1nc2c(F)c(B3OC(C)(C)C(C)(C)O3)ccc2[nH]1)C1CCC(C)CC1. The van der Waals surface area contributed by atoms with Gasteiger partial charge in [-0.2, -0.15) is 5.10 Å². The lowest BCUT2D eigenvalue weighted by atomic mass is 9.78. The maximum atomic E-state index is 15.8. The number of halogens is 1. The fourth-order valence-electron chi connectivity index (χ4n) is 5.40. The molecule has 1 saturated heterocycles. The first-order valence-electron chi connectivity index (χ1n) is 13.4. The quantitative estimate of drug-likeness (QED) is 0.477. The molecule has 1 amide bonds. The van der Waals surface area contributed by atoms with Crippen LogP contribution < -0.4 is 10.8 Å². The molecule has 0 bridgehead atoms. The van der Waals surface area contributed by atoms with E-state index in [-0.39, 0.29) is 23.4 Å². The molecule has 1 aliphatic heterocycles. The molecule has 3 aromatic rings. The molecule has 0 radical (unpaired) electrons. The zero-order valence-corrected chi connectivity index (χ0v) is 22.6. The zero-order chi connectivity index (χ0) is 26.5. The molecule has 8 nitrogen and oxygen atoms in total. The third kappa shape index (κ3) is 4.70. The van der Waals surface area contributed by atoms with Crippen LogP contribution in [0.5, 0.6) is 0 Å². The molecule has 5 rings (SSSR count). The summed E-state index contributed by atoms with van der Waals surface area (Å²) in [5, 5.41) is 7.43. The predicted molar refractivity (Wildman–Crippen MR) is 141 cm³/mol. The summed E-state index contributed by atoms with van der Waals surface area (Å²) in [7, 11) is -0.820. The van der Waals surface area contributed by atoms with E-state index in [2.05, 4.69) is 22.3 Å². The lowest BCUT2D eigenvalue weighted by molar-refractivity contribution is 0.00578. The Morgan fingerprint density at radius 1 is 1.19 bits per heavy atom. The molecule has 37 heavy (non-hydrogen) atoms. The Kier molecular flexibility index (Phi) is 6.69. The minimum atomic E-state index is -0.820. The van der Waals surface area contributed by atoms with Crippen molar-refractivity contribution in [3.63, 3.8) is 0 Å². The molecule has 1 saturated carbocycles. The van der Waals surface area contributed by atoms with Crippen molar-refractivity contribution >= 4 is 29.5 Å². The number of aromatic amines is 1. The van der Waals surface area contributed by atoms with Gasteiger partial charge in [0.1, 0.15) is 17.0 Å². The van der Waals surface area contributed by atoms with Crippen molar-refractivity contribution in [2.45, 2.75) is 91.0 Å². The molecule has 1 unspecified atom stereocenters. The van der Waals surface area contributed by atoms with Crippen molar-refractivity contribution in [1.82, 2.24) is 25.1 Å². The molecule has 1 aromatic carbocycles. The van der Waals surface area contributed by atoms with Gasteiger partial charge < -0.3 is 19.6 Å². The second-order valence-corrected chi connectivity index (χ2v) is 11.6. The highest BCUT2D eigenvalue weighted by Crippen LogP contribution is 2.38. The van der Waals surface area contributed by atoms with Gasteiger partial charge in [-0.05, 0) is 71.4 Å². The first-order valence-corrected chi connectivity index (χ1v) is 13.4. The molecule has 2 aromatic heterocycles. The van der Waals surface area contributed by atoms with Crippen molar-refractivity contribution in [3.05, 3.63) is 41.7 Å². The van der Waals surface area contributed by atoms with E-state index >= 15 is 4.39 Å². The Bertz CT molecular complexity index is 1280. The number of amides is 1. The second kappa shape index (κ2) is 9.55. The van der Waals surface area contributed by atoms with Crippen LogP contribution in [0.25, 0.3) is 11.0 Å². The van der Waals surface area contributed by atoms with Gasteiger partial charge in [-0.1, -0.05) is 25.8 Å². The number of nitrogens with zero attached hydrogens (tertiary/aromatic N) is 3. The number of carbonyl (C=O) groups excluding carboxylic acids is 1. The Morgan fingerprint density at radius 2 is 1.86 bits per heavy atom. The van der Waals surface area contributed by atoms with Crippen LogP contribution in [-0.2, 0) is 15.9 Å². The molecule has 10 heteroatoms. The lowest BCUT2D eigenvalue weighted by Gasteiger charge is -2.32. The van der Waals surface area contributed by atoms with Gasteiger partial charge >= 0.3 is 7.12 Å². The third-order valence-corrected chi connectivity index (χ3v) is 8.51. The zero-order valence-electron chi connectivity index (χ0n) is 22.6. The van der Waals surface area contributed by atoms with E-state index in [9.17, 15) is 4.79 Å². The van der Waals surface area contributed by atoms with Crippen molar-refractivity contribution in [2.75, 3.05) is 0 Å². The van der Waals surface area contributed by atoms with Gasteiger partial charge in [0.2, 0.25) is 0 Å². The Hall–Kier alpha value is -2.72. The largest absolute Gasteiger partial charge is 0.497 e. The van der Waals surface area contributed by atoms with Gasteiger partial charge in [-0.15, -0.1) is 0 Å². The van der Waals surface area contributed by atoms with Crippen molar-refractivity contribution < 1.29 is 18.5 Å². The smallest absolute Gasteiger partial charge is 0.399 e. The van der Waals surface area contributed by atoms with E-state index in [4.69, 9.17) is 14.3 Å². The molecule has 2 fully saturated rings. The Balaban J connectivity index is 1.48. The maximum absolute atomic E-state index is 15.8. The van der Waals surface area contributed by atoms with Crippen molar-refractivity contribution in [2.24, 2.45) is 11.8 Å². The molecule has 1 aliphatic carbocycles. The van der Waals surface area contributed by atoms with Gasteiger partial charge in [0.15, 0.2) is 5.82 Å². The van der Waals surface area contributed by atoms with Crippen LogP contribution >= 0.6 is 0 Å². The number of fused-ring (bicyclic) bond motifs is 1. The van der Waals surface area contributed by atoms with E-state index in [0.29, 0.717) is 35.0 Å². The predicted octanol–water partition coefficient (Wildman–Crippen LogP) is 4.52. The third-order valence-electron chi connectivity index (χ3n) is 8.51. The van der Waals surface area contributed by atoms with Crippen LogP contribution in [0.15, 0.2) is 24.4 Å². The van der Waals surface area contributed by atoms with E-state index in [1.54, 1.807) is 23.0 Å². The number of imidazole rings is 1. The highest BCUT2D eigenvalue weighted by Gasteiger charge is 2.52. The van der Waals surface area contributed by atoms with Crippen LogP contribution in [0.4, 0.5) is 4.39 Å². The fourth-order valence-corrected chi connectivity index (χ4v) is 5.40. The number of rotatable bonds is 6. The standard InChI is InChI=1S/C27H37BFN5O3/c1-7-34-20(14-15-30-34)25(35)33-22(17-10-8-16(2)9-11-17)24-31-19-13-12-18(21(29)23(19)32-24)28-36-26(3,4)27(5,6)37-28/h12-17,22H,7-11H2,1-6H3,(H,31,32)(H,33,35). The first-order chi connectivity index (χ1) is 17.5. The van der Waals surface area contributed by atoms with Gasteiger partial charge in [-0.25, -0.2) is 9.37 Å². The number of benzene rings is 1. The molecule has 198 valence electrons. The van der Waals surface area contributed by atoms with Gasteiger partial charge in [0.25, 0.3) is 5.91 Å². The van der Waals surface area contributed by atoms with Gasteiger partial charge in [0, 0.05) is 18.2 Å². The molecule has 2 N–H and O–H groups in total. The number of H-pyrrole nitrogens is 1. The monoisotopic (exact) mass is 509 g/mol. The van der Waals surface area contributed by atoms with Crippen LogP contribution in [0.3, 0.4) is 0 Å². The van der Waals surface area contributed by atoms with E-state index in [1.807, 2.05) is 40.7 Å². The van der Waals surface area contributed by atoms with E-state index < -0.39 is 24.1 Å². The van der Waals surface area contributed by atoms with Crippen LogP contribution in [0.2, 0.25) is 0 Å². The highest BCUT2D eigenvalue weighted by atomic mass is 19.1.